The van der Waals surface area contributed by atoms with Gasteiger partial charge in [-0.15, -0.1) is 11.6 Å². The summed E-state index contributed by atoms with van der Waals surface area (Å²) in [6.07, 6.45) is 0.776. The number of fused-ring (bicyclic) bond motifs is 3. The highest BCUT2D eigenvalue weighted by Crippen LogP contribution is 2.38. The lowest BCUT2D eigenvalue weighted by Crippen LogP contribution is -2.45. The number of hydrogen-bond acceptors (Lipinski definition) is 2. The van der Waals surface area contributed by atoms with Gasteiger partial charge < -0.3 is 15.2 Å². The van der Waals surface area contributed by atoms with E-state index in [-0.39, 0.29) is 30.3 Å². The number of alkyl halides is 1. The molecule has 2 heterocycles. The third-order valence-corrected chi connectivity index (χ3v) is 5.27. The summed E-state index contributed by atoms with van der Waals surface area (Å²) >= 11 is 5.52. The number of para-hydroxylation sites is 1. The van der Waals surface area contributed by atoms with Crippen molar-refractivity contribution in [1.82, 2.24) is 15.2 Å². The lowest BCUT2D eigenvalue weighted by Gasteiger charge is -2.36. The van der Waals surface area contributed by atoms with Crippen LogP contribution in [0.25, 0.3) is 10.9 Å². The van der Waals surface area contributed by atoms with Crippen LogP contribution in [0.4, 0.5) is 0 Å². The maximum Gasteiger partial charge on any atom is 0.242 e. The van der Waals surface area contributed by atoms with E-state index in [1.165, 1.54) is 10.9 Å². The summed E-state index contributed by atoms with van der Waals surface area (Å²) in [4.78, 5) is 29.7. The fourth-order valence-corrected chi connectivity index (χ4v) is 3.91. The van der Waals surface area contributed by atoms with Gasteiger partial charge in [0.25, 0.3) is 0 Å². The molecule has 138 valence electrons. The van der Waals surface area contributed by atoms with E-state index in [1.807, 2.05) is 47.4 Å². The fraction of sp³-hybridized carbons (Fsp3) is 0.238. The number of H-pyrrole nitrogens is 1. The molecule has 27 heavy (non-hydrogen) atoms. The van der Waals surface area contributed by atoms with Crippen LogP contribution in [0.5, 0.6) is 0 Å². The Bertz CT molecular complexity index is 984. The van der Waals surface area contributed by atoms with Crippen LogP contribution in [0.3, 0.4) is 0 Å². The average Bonchev–Trinajstić information content (AvgIpc) is 3.10. The number of benzene rings is 2. The highest BCUT2D eigenvalue weighted by atomic mass is 35.5. The van der Waals surface area contributed by atoms with Crippen molar-refractivity contribution in [2.45, 2.75) is 12.5 Å². The summed E-state index contributed by atoms with van der Waals surface area (Å²) in [6.45, 7) is 0.550. The molecule has 1 aliphatic rings. The van der Waals surface area contributed by atoms with Crippen LogP contribution < -0.4 is 5.32 Å². The third-order valence-electron chi connectivity index (χ3n) is 5.03. The van der Waals surface area contributed by atoms with Gasteiger partial charge in [-0.3, -0.25) is 9.59 Å². The van der Waals surface area contributed by atoms with E-state index < -0.39 is 0 Å². The number of carbonyl (C=O) groups excluding carboxylic acids is 2. The number of amides is 2. The summed E-state index contributed by atoms with van der Waals surface area (Å²) in [6, 6.07) is 18.0. The first-order valence-corrected chi connectivity index (χ1v) is 9.49. The van der Waals surface area contributed by atoms with Gasteiger partial charge in [-0.25, -0.2) is 0 Å². The number of rotatable bonds is 4. The second-order valence-electron chi connectivity index (χ2n) is 6.62. The average molecular weight is 382 g/mol. The molecule has 0 bridgehead atoms. The molecule has 1 unspecified atom stereocenters. The Morgan fingerprint density at radius 2 is 1.85 bits per heavy atom. The van der Waals surface area contributed by atoms with Crippen molar-refractivity contribution in [3.05, 3.63) is 71.4 Å². The Kier molecular flexibility index (Phi) is 4.86. The lowest BCUT2D eigenvalue weighted by molar-refractivity contribution is -0.134. The van der Waals surface area contributed by atoms with E-state index in [9.17, 15) is 9.59 Å². The van der Waals surface area contributed by atoms with Gasteiger partial charge in [0, 0.05) is 23.1 Å². The topological polar surface area (TPSA) is 65.2 Å². The van der Waals surface area contributed by atoms with E-state index in [0.717, 1.165) is 23.2 Å². The number of carbonyl (C=O) groups is 2. The number of nitrogens with zero attached hydrogens (tertiary/aromatic N) is 1. The van der Waals surface area contributed by atoms with Crippen LogP contribution in [-0.4, -0.2) is 40.7 Å². The zero-order valence-electron chi connectivity index (χ0n) is 14.7. The largest absolute Gasteiger partial charge is 0.356 e. The normalized spacial score (nSPS) is 16.2. The van der Waals surface area contributed by atoms with Crippen LogP contribution in [0.2, 0.25) is 0 Å². The van der Waals surface area contributed by atoms with E-state index in [4.69, 9.17) is 11.6 Å². The maximum absolute atomic E-state index is 12.9. The Morgan fingerprint density at radius 1 is 1.11 bits per heavy atom. The second kappa shape index (κ2) is 7.45. The smallest absolute Gasteiger partial charge is 0.242 e. The first-order chi connectivity index (χ1) is 13.2. The van der Waals surface area contributed by atoms with Crippen LogP contribution in [0.15, 0.2) is 54.6 Å². The van der Waals surface area contributed by atoms with Gasteiger partial charge in [0.2, 0.25) is 11.8 Å². The first kappa shape index (κ1) is 17.6. The van der Waals surface area contributed by atoms with Crippen LogP contribution in [-0.2, 0) is 16.0 Å². The van der Waals surface area contributed by atoms with Crippen molar-refractivity contribution in [2.24, 2.45) is 0 Å². The molecule has 2 amide bonds. The van der Waals surface area contributed by atoms with Gasteiger partial charge >= 0.3 is 0 Å². The highest BCUT2D eigenvalue weighted by Gasteiger charge is 2.34. The molecule has 1 aliphatic heterocycles. The predicted molar refractivity (Wildman–Crippen MR) is 106 cm³/mol. The van der Waals surface area contributed by atoms with E-state index >= 15 is 0 Å². The third kappa shape index (κ3) is 3.30. The minimum absolute atomic E-state index is 0.0511. The van der Waals surface area contributed by atoms with Crippen molar-refractivity contribution in [1.29, 1.82) is 0 Å². The Labute approximate surface area is 162 Å². The zero-order chi connectivity index (χ0) is 18.8. The molecule has 2 N–H and O–H groups in total. The molecule has 3 aromatic rings. The maximum atomic E-state index is 12.9. The second-order valence-corrected chi connectivity index (χ2v) is 6.89. The van der Waals surface area contributed by atoms with Crippen LogP contribution >= 0.6 is 11.6 Å². The number of nitrogens with one attached hydrogen (secondary N) is 2. The predicted octanol–water partition coefficient (Wildman–Crippen LogP) is 3.00. The Balaban J connectivity index is 1.74. The van der Waals surface area contributed by atoms with Crippen molar-refractivity contribution in [3.63, 3.8) is 0 Å². The van der Waals surface area contributed by atoms with Crippen molar-refractivity contribution < 1.29 is 9.59 Å². The van der Waals surface area contributed by atoms with Gasteiger partial charge in [0.1, 0.15) is 5.88 Å². The van der Waals surface area contributed by atoms with Crippen LogP contribution in [0.1, 0.15) is 22.9 Å². The molecule has 0 saturated carbocycles. The van der Waals surface area contributed by atoms with Crippen molar-refractivity contribution in [2.75, 3.05) is 19.0 Å². The first-order valence-electron chi connectivity index (χ1n) is 8.95. The number of aromatic amines is 1. The molecule has 1 aromatic heterocycles. The molecule has 4 rings (SSSR count). The molecule has 0 fully saturated rings. The minimum Gasteiger partial charge on any atom is -0.356 e. The van der Waals surface area contributed by atoms with Gasteiger partial charge in [-0.1, -0.05) is 48.5 Å². The van der Waals surface area contributed by atoms with Gasteiger partial charge in [-0.05, 0) is 23.6 Å². The number of aromatic nitrogens is 1. The van der Waals surface area contributed by atoms with Gasteiger partial charge in [-0.2, -0.15) is 0 Å². The van der Waals surface area contributed by atoms with Crippen molar-refractivity contribution >= 4 is 34.3 Å². The van der Waals surface area contributed by atoms with Gasteiger partial charge in [0.05, 0.1) is 12.6 Å². The molecule has 1 atom stereocenters. The highest BCUT2D eigenvalue weighted by molar-refractivity contribution is 6.27. The summed E-state index contributed by atoms with van der Waals surface area (Å²) in [5, 5.41) is 3.78. The van der Waals surface area contributed by atoms with E-state index in [2.05, 4.69) is 22.4 Å². The molecule has 0 spiro atoms. The van der Waals surface area contributed by atoms with Gasteiger partial charge in [0.15, 0.2) is 0 Å². The Hall–Kier alpha value is -2.79. The number of halogens is 1. The minimum atomic E-state index is -0.343. The molecule has 6 heteroatoms. The quantitative estimate of drug-likeness (QED) is 0.682. The molecule has 0 radical (unpaired) electrons. The van der Waals surface area contributed by atoms with Crippen LogP contribution in [0, 0.1) is 0 Å². The standard InChI is InChI=1S/C21H20ClN3O2/c22-12-18(26)23-13-19(27)25-11-10-16-15-8-4-5-9-17(15)24-20(16)21(25)14-6-2-1-3-7-14/h1-9,21,24H,10-13H2,(H,23,26). The summed E-state index contributed by atoms with van der Waals surface area (Å²) < 4.78 is 0. The molecule has 0 aliphatic carbocycles. The molecule has 5 nitrogen and oxygen atoms in total. The van der Waals surface area contributed by atoms with E-state index in [1.54, 1.807) is 0 Å². The SMILES string of the molecule is O=C(CCl)NCC(=O)N1CCc2c([nH]c3ccccc23)C1c1ccccc1. The number of hydrogen-bond donors (Lipinski definition) is 2. The van der Waals surface area contributed by atoms with E-state index in [0.29, 0.717) is 6.54 Å². The Morgan fingerprint density at radius 3 is 2.63 bits per heavy atom. The molecule has 2 aromatic carbocycles. The molecular formula is C21H20ClN3O2. The molecular weight excluding hydrogens is 362 g/mol. The van der Waals surface area contributed by atoms with Crippen molar-refractivity contribution in [3.8, 4) is 0 Å². The summed E-state index contributed by atoms with van der Waals surface area (Å²) in [5.41, 5.74) is 4.43. The monoisotopic (exact) mass is 381 g/mol. The summed E-state index contributed by atoms with van der Waals surface area (Å²) in [5.74, 6) is -0.613. The lowest BCUT2D eigenvalue weighted by atomic mass is 9.92. The summed E-state index contributed by atoms with van der Waals surface area (Å²) in [7, 11) is 0. The molecule has 0 saturated heterocycles. The fourth-order valence-electron chi connectivity index (χ4n) is 3.81. The zero-order valence-corrected chi connectivity index (χ0v) is 15.5.